The molecule has 0 radical (unpaired) electrons. The molecule has 0 spiro atoms. The van der Waals surface area contributed by atoms with E-state index in [1.54, 1.807) is 0 Å². The van der Waals surface area contributed by atoms with Gasteiger partial charge in [-0.3, -0.25) is 0 Å². The third kappa shape index (κ3) is 8.41. The van der Waals surface area contributed by atoms with Crippen LogP contribution in [0.5, 0.6) is 0 Å². The van der Waals surface area contributed by atoms with E-state index in [9.17, 15) is 4.89 Å². The number of hydrogen-bond acceptors (Lipinski definition) is 3. The molecule has 0 aromatic carbocycles. The summed E-state index contributed by atoms with van der Waals surface area (Å²) >= 11 is 0. The van der Waals surface area contributed by atoms with Crippen molar-refractivity contribution >= 4 is 8.60 Å². The Labute approximate surface area is 76.1 Å². The van der Waals surface area contributed by atoms with Crippen LogP contribution in [0.4, 0.5) is 0 Å². The van der Waals surface area contributed by atoms with Gasteiger partial charge in [0.25, 0.3) is 0 Å². The number of hydrogen-bond donors (Lipinski definition) is 0. The zero-order chi connectivity index (χ0) is 9.56. The predicted octanol–water partition coefficient (Wildman–Crippen LogP) is 1.92. The van der Waals surface area contributed by atoms with Crippen LogP contribution in [-0.4, -0.2) is 13.2 Å². The fourth-order valence-electron chi connectivity index (χ4n) is 0.457. The van der Waals surface area contributed by atoms with E-state index in [0.717, 1.165) is 0 Å². The maximum atomic E-state index is 11.0. The molecular formula is C8H18O3P-. The molecule has 0 saturated heterocycles. The average molecular weight is 193 g/mol. The van der Waals surface area contributed by atoms with Gasteiger partial charge in [0.2, 0.25) is 0 Å². The minimum absolute atomic E-state index is 0.395. The molecule has 74 valence electrons. The van der Waals surface area contributed by atoms with Gasteiger partial charge >= 0.3 is 0 Å². The van der Waals surface area contributed by atoms with Crippen LogP contribution >= 0.6 is 8.60 Å². The van der Waals surface area contributed by atoms with E-state index in [-0.39, 0.29) is 0 Å². The summed E-state index contributed by atoms with van der Waals surface area (Å²) in [6.07, 6.45) is 0. The van der Waals surface area contributed by atoms with Crippen molar-refractivity contribution < 1.29 is 13.9 Å². The van der Waals surface area contributed by atoms with Gasteiger partial charge in [0.15, 0.2) is 0 Å². The zero-order valence-electron chi connectivity index (χ0n) is 8.24. The predicted molar refractivity (Wildman–Crippen MR) is 48.5 cm³/mol. The molecule has 0 aliphatic rings. The van der Waals surface area contributed by atoms with Crippen LogP contribution < -0.4 is 4.89 Å². The van der Waals surface area contributed by atoms with Crippen LogP contribution in [0.25, 0.3) is 0 Å². The van der Waals surface area contributed by atoms with Gasteiger partial charge in [0.05, 0.1) is 21.8 Å². The molecule has 0 bridgehead atoms. The molecular weight excluding hydrogens is 175 g/mol. The molecule has 0 amide bonds. The first-order valence-corrected chi connectivity index (χ1v) is 5.35. The minimum Gasteiger partial charge on any atom is -0.786 e. The van der Waals surface area contributed by atoms with Crippen LogP contribution in [-0.2, 0) is 9.05 Å². The number of rotatable bonds is 6. The Balaban J connectivity index is 3.27. The zero-order valence-corrected chi connectivity index (χ0v) is 9.14. The molecule has 0 aliphatic carbocycles. The van der Waals surface area contributed by atoms with Gasteiger partial charge in [-0.25, -0.2) is 0 Å². The van der Waals surface area contributed by atoms with Crippen molar-refractivity contribution in [1.29, 1.82) is 0 Å². The second-order valence-electron chi connectivity index (χ2n) is 3.60. The molecule has 0 saturated carbocycles. The van der Waals surface area contributed by atoms with Crippen LogP contribution in [0.15, 0.2) is 0 Å². The maximum absolute atomic E-state index is 11.0. The standard InChI is InChI=1S/C8H18O3P/c1-7(2)5-10-12(9)11-6-8(3)4/h7-8H,5-6H2,1-4H3/q-1. The van der Waals surface area contributed by atoms with Gasteiger partial charge in [-0.15, -0.1) is 0 Å². The smallest absolute Gasteiger partial charge is 0.0828 e. The largest absolute Gasteiger partial charge is 0.786 e. The molecule has 0 unspecified atom stereocenters. The highest BCUT2D eigenvalue weighted by molar-refractivity contribution is 7.39. The van der Waals surface area contributed by atoms with Crippen LogP contribution in [0, 0.1) is 11.8 Å². The van der Waals surface area contributed by atoms with Gasteiger partial charge in [-0.05, 0) is 11.8 Å². The first-order chi connectivity index (χ1) is 5.52. The van der Waals surface area contributed by atoms with Crippen molar-refractivity contribution in [3.05, 3.63) is 0 Å². The van der Waals surface area contributed by atoms with Crippen molar-refractivity contribution in [1.82, 2.24) is 0 Å². The van der Waals surface area contributed by atoms with E-state index < -0.39 is 8.60 Å². The second-order valence-corrected chi connectivity index (χ2v) is 4.57. The SMILES string of the molecule is CC(C)COP([O-])OCC(C)C. The van der Waals surface area contributed by atoms with E-state index >= 15 is 0 Å². The Hall–Kier alpha value is 0.310. The summed E-state index contributed by atoms with van der Waals surface area (Å²) in [6, 6.07) is 0. The summed E-state index contributed by atoms with van der Waals surface area (Å²) in [6.45, 7) is 9.01. The summed E-state index contributed by atoms with van der Waals surface area (Å²) < 4.78 is 9.88. The van der Waals surface area contributed by atoms with Crippen LogP contribution in [0.1, 0.15) is 27.7 Å². The summed E-state index contributed by atoms with van der Waals surface area (Å²) in [5, 5.41) is 0. The lowest BCUT2D eigenvalue weighted by Gasteiger charge is -2.23. The lowest BCUT2D eigenvalue weighted by Crippen LogP contribution is -2.09. The monoisotopic (exact) mass is 193 g/mol. The molecule has 0 aromatic heterocycles. The molecule has 0 fully saturated rings. The summed E-state index contributed by atoms with van der Waals surface area (Å²) in [7, 11) is -1.90. The quantitative estimate of drug-likeness (QED) is 0.605. The summed E-state index contributed by atoms with van der Waals surface area (Å²) in [5.41, 5.74) is 0. The van der Waals surface area contributed by atoms with Gasteiger partial charge < -0.3 is 13.9 Å². The fourth-order valence-corrected chi connectivity index (χ4v) is 1.37. The Morgan fingerprint density at radius 2 is 1.33 bits per heavy atom. The fraction of sp³-hybridized carbons (Fsp3) is 1.00. The summed E-state index contributed by atoms with van der Waals surface area (Å²) in [5.74, 6) is 0.790. The van der Waals surface area contributed by atoms with Gasteiger partial charge in [-0.1, -0.05) is 27.7 Å². The summed E-state index contributed by atoms with van der Waals surface area (Å²) in [4.78, 5) is 11.0. The van der Waals surface area contributed by atoms with Crippen molar-refractivity contribution in [3.8, 4) is 0 Å². The lowest BCUT2D eigenvalue weighted by atomic mass is 10.2. The molecule has 4 heteroatoms. The maximum Gasteiger partial charge on any atom is 0.0828 e. The van der Waals surface area contributed by atoms with E-state index in [1.807, 2.05) is 27.7 Å². The highest BCUT2D eigenvalue weighted by Gasteiger charge is 1.99. The molecule has 0 N–H and O–H groups in total. The van der Waals surface area contributed by atoms with E-state index in [1.165, 1.54) is 0 Å². The average Bonchev–Trinajstić information content (AvgIpc) is 1.96. The van der Waals surface area contributed by atoms with Crippen LogP contribution in [0.2, 0.25) is 0 Å². The lowest BCUT2D eigenvalue weighted by molar-refractivity contribution is -0.205. The topological polar surface area (TPSA) is 41.5 Å². The highest BCUT2D eigenvalue weighted by atomic mass is 31.2. The normalized spacial score (nSPS) is 12.0. The van der Waals surface area contributed by atoms with Gasteiger partial charge in [0, 0.05) is 0 Å². The molecule has 12 heavy (non-hydrogen) atoms. The third-order valence-corrected chi connectivity index (χ3v) is 1.75. The molecule has 0 rings (SSSR count). The van der Waals surface area contributed by atoms with Crippen molar-refractivity contribution in [2.24, 2.45) is 11.8 Å². The third-order valence-electron chi connectivity index (χ3n) is 1.03. The molecule has 0 aliphatic heterocycles. The van der Waals surface area contributed by atoms with Crippen LogP contribution in [0.3, 0.4) is 0 Å². The Bertz CT molecular complexity index is 94.5. The van der Waals surface area contributed by atoms with Crippen molar-refractivity contribution in [2.75, 3.05) is 13.2 Å². The van der Waals surface area contributed by atoms with E-state index in [4.69, 9.17) is 9.05 Å². The Kier molecular flexibility index (Phi) is 6.96. The second kappa shape index (κ2) is 6.79. The molecule has 0 heterocycles. The van der Waals surface area contributed by atoms with Crippen molar-refractivity contribution in [2.45, 2.75) is 27.7 Å². The van der Waals surface area contributed by atoms with Gasteiger partial charge in [0.1, 0.15) is 0 Å². The van der Waals surface area contributed by atoms with Gasteiger partial charge in [-0.2, -0.15) is 0 Å². The highest BCUT2D eigenvalue weighted by Crippen LogP contribution is 2.28. The first-order valence-electron chi connectivity index (χ1n) is 4.25. The van der Waals surface area contributed by atoms with Crippen molar-refractivity contribution in [3.63, 3.8) is 0 Å². The molecule has 0 atom stereocenters. The Morgan fingerprint density at radius 3 is 1.58 bits per heavy atom. The Morgan fingerprint density at radius 1 is 1.00 bits per heavy atom. The molecule has 0 aromatic rings. The first kappa shape index (κ1) is 12.3. The molecule has 3 nitrogen and oxygen atoms in total. The van der Waals surface area contributed by atoms with E-state index in [2.05, 4.69) is 0 Å². The minimum atomic E-state index is -1.90. The van der Waals surface area contributed by atoms with E-state index in [0.29, 0.717) is 25.0 Å².